The Kier molecular flexibility index (Phi) is 5.41. The van der Waals surface area contributed by atoms with Crippen LogP contribution in [0.3, 0.4) is 0 Å². The maximum atomic E-state index is 11.4. The van der Waals surface area contributed by atoms with Gasteiger partial charge in [-0.2, -0.15) is 0 Å². The van der Waals surface area contributed by atoms with E-state index in [1.807, 2.05) is 7.05 Å². The molecule has 21 heavy (non-hydrogen) atoms. The first-order valence-electron chi connectivity index (χ1n) is 7.61. The third-order valence-electron chi connectivity index (χ3n) is 4.29. The molecule has 0 bridgehead atoms. The van der Waals surface area contributed by atoms with Crippen molar-refractivity contribution in [3.8, 4) is 0 Å². The predicted octanol–water partition coefficient (Wildman–Crippen LogP) is 1.63. The number of nitrogens with one attached hydrogen (secondary N) is 1. The van der Waals surface area contributed by atoms with Gasteiger partial charge in [-0.15, -0.1) is 0 Å². The van der Waals surface area contributed by atoms with Crippen LogP contribution in [0.25, 0.3) is 0 Å². The van der Waals surface area contributed by atoms with Crippen molar-refractivity contribution in [1.82, 2.24) is 10.2 Å². The van der Waals surface area contributed by atoms with Crippen LogP contribution in [-0.4, -0.2) is 51.5 Å². The van der Waals surface area contributed by atoms with Gasteiger partial charge in [-0.3, -0.25) is 0 Å². The number of nitrogens with zero attached hydrogens (tertiary/aromatic N) is 1. The molecule has 0 amide bonds. The van der Waals surface area contributed by atoms with Gasteiger partial charge in [-0.05, 0) is 37.6 Å². The number of rotatable bonds is 6. The summed E-state index contributed by atoms with van der Waals surface area (Å²) < 4.78 is 22.8. The Hall–Kier alpha value is -0.910. The topological polar surface area (TPSA) is 49.4 Å². The van der Waals surface area contributed by atoms with Crippen molar-refractivity contribution < 1.29 is 8.42 Å². The lowest BCUT2D eigenvalue weighted by molar-refractivity contribution is 0.182. The van der Waals surface area contributed by atoms with Gasteiger partial charge in [0.05, 0.1) is 5.75 Å². The molecule has 2 atom stereocenters. The highest BCUT2D eigenvalue weighted by molar-refractivity contribution is 7.90. The molecular weight excluding hydrogens is 284 g/mol. The first-order chi connectivity index (χ1) is 9.92. The lowest BCUT2D eigenvalue weighted by Crippen LogP contribution is -2.46. The number of sulfone groups is 1. The number of benzene rings is 1. The summed E-state index contributed by atoms with van der Waals surface area (Å²) in [7, 11) is -0.874. The van der Waals surface area contributed by atoms with Crippen LogP contribution in [-0.2, 0) is 16.3 Å². The van der Waals surface area contributed by atoms with Crippen molar-refractivity contribution in [2.75, 3.05) is 32.1 Å². The average molecular weight is 310 g/mol. The summed E-state index contributed by atoms with van der Waals surface area (Å²) >= 11 is 0. The van der Waals surface area contributed by atoms with E-state index in [4.69, 9.17) is 0 Å². The van der Waals surface area contributed by atoms with Crippen molar-refractivity contribution >= 4 is 9.84 Å². The molecule has 1 aliphatic rings. The van der Waals surface area contributed by atoms with Gasteiger partial charge in [0.2, 0.25) is 0 Å². The molecule has 0 aliphatic heterocycles. The largest absolute Gasteiger partial charge is 0.309 e. The van der Waals surface area contributed by atoms with Gasteiger partial charge < -0.3 is 10.2 Å². The van der Waals surface area contributed by atoms with Gasteiger partial charge in [0.15, 0.2) is 0 Å². The van der Waals surface area contributed by atoms with Crippen LogP contribution in [0.4, 0.5) is 0 Å². The molecule has 2 rings (SSSR count). The molecule has 1 aliphatic carbocycles. The zero-order chi connectivity index (χ0) is 15.5. The molecule has 0 heterocycles. The smallest absolute Gasteiger partial charge is 0.148 e. The first-order valence-corrected chi connectivity index (χ1v) is 9.67. The lowest BCUT2D eigenvalue weighted by Gasteiger charge is -2.39. The summed E-state index contributed by atoms with van der Waals surface area (Å²) in [5, 5.41) is 3.58. The molecule has 0 radical (unpaired) electrons. The van der Waals surface area contributed by atoms with E-state index in [1.165, 1.54) is 17.4 Å². The van der Waals surface area contributed by atoms with E-state index in [-0.39, 0.29) is 11.8 Å². The Morgan fingerprint density at radius 3 is 2.71 bits per heavy atom. The zero-order valence-corrected chi connectivity index (χ0v) is 14.0. The summed E-state index contributed by atoms with van der Waals surface area (Å²) in [6.45, 7) is 3.62. The molecule has 0 spiro atoms. The Bertz CT molecular complexity index is 571. The number of fused-ring (bicyclic) bond motifs is 1. The fourth-order valence-electron chi connectivity index (χ4n) is 3.16. The first kappa shape index (κ1) is 16.5. The van der Waals surface area contributed by atoms with Gasteiger partial charge in [-0.1, -0.05) is 31.2 Å². The van der Waals surface area contributed by atoms with E-state index >= 15 is 0 Å². The molecule has 4 nitrogen and oxygen atoms in total. The molecule has 0 saturated carbocycles. The highest BCUT2D eigenvalue weighted by atomic mass is 32.2. The second kappa shape index (κ2) is 6.90. The van der Waals surface area contributed by atoms with E-state index in [0.29, 0.717) is 12.6 Å². The molecule has 0 fully saturated rings. The number of likely N-dealkylation sites (N-methyl/N-ethyl adjacent to an activating group) is 2. The normalized spacial score (nSPS) is 22.3. The summed E-state index contributed by atoms with van der Waals surface area (Å²) in [4.78, 5) is 2.20. The third kappa shape index (κ3) is 4.28. The third-order valence-corrected chi connectivity index (χ3v) is 5.21. The summed E-state index contributed by atoms with van der Waals surface area (Å²) in [6, 6.07) is 9.20. The van der Waals surface area contributed by atoms with Crippen LogP contribution in [0, 0.1) is 0 Å². The van der Waals surface area contributed by atoms with Crippen molar-refractivity contribution in [1.29, 1.82) is 0 Å². The Labute approximate surface area is 128 Å². The molecule has 118 valence electrons. The van der Waals surface area contributed by atoms with Crippen molar-refractivity contribution in [3.05, 3.63) is 35.4 Å². The fraction of sp³-hybridized carbons (Fsp3) is 0.625. The van der Waals surface area contributed by atoms with Gasteiger partial charge >= 0.3 is 0 Å². The van der Waals surface area contributed by atoms with Crippen LogP contribution in [0.2, 0.25) is 0 Å². The molecule has 1 aromatic carbocycles. The van der Waals surface area contributed by atoms with Crippen LogP contribution in [0.5, 0.6) is 0 Å². The van der Waals surface area contributed by atoms with Crippen LogP contribution in [0.15, 0.2) is 24.3 Å². The summed E-state index contributed by atoms with van der Waals surface area (Å²) in [5.41, 5.74) is 2.78. The van der Waals surface area contributed by atoms with E-state index in [9.17, 15) is 8.42 Å². The molecule has 2 unspecified atom stereocenters. The van der Waals surface area contributed by atoms with Gasteiger partial charge in [0, 0.05) is 24.9 Å². The van der Waals surface area contributed by atoms with Crippen LogP contribution in [0.1, 0.15) is 30.5 Å². The van der Waals surface area contributed by atoms with E-state index in [2.05, 4.69) is 41.4 Å². The van der Waals surface area contributed by atoms with Gasteiger partial charge in [-0.25, -0.2) is 8.42 Å². The second-order valence-electron chi connectivity index (χ2n) is 5.95. The van der Waals surface area contributed by atoms with E-state index in [0.717, 1.165) is 19.4 Å². The van der Waals surface area contributed by atoms with Crippen molar-refractivity contribution in [2.24, 2.45) is 0 Å². The quantitative estimate of drug-likeness (QED) is 0.867. The van der Waals surface area contributed by atoms with Crippen molar-refractivity contribution in [3.63, 3.8) is 0 Å². The monoisotopic (exact) mass is 310 g/mol. The summed E-state index contributed by atoms with van der Waals surface area (Å²) in [5.74, 6) is 0.223. The standard InChI is InChI=1S/C16H26N2O2S/c1-4-17-16-14-8-6-5-7-13(14)9-10-15(16)18(2)11-12-21(3,19)20/h5-8,15-17H,4,9-12H2,1-3H3. The number of aryl methyl sites for hydroxylation is 1. The van der Waals surface area contributed by atoms with Crippen LogP contribution < -0.4 is 5.32 Å². The van der Waals surface area contributed by atoms with E-state index in [1.54, 1.807) is 0 Å². The summed E-state index contributed by atoms with van der Waals surface area (Å²) in [6.07, 6.45) is 3.43. The Morgan fingerprint density at radius 2 is 2.05 bits per heavy atom. The van der Waals surface area contributed by atoms with Gasteiger partial charge in [0.1, 0.15) is 9.84 Å². The molecule has 0 saturated heterocycles. The minimum atomic E-state index is -2.91. The molecule has 1 aromatic rings. The molecule has 1 N–H and O–H groups in total. The fourth-order valence-corrected chi connectivity index (χ4v) is 3.78. The minimum absolute atomic E-state index is 0.223. The zero-order valence-electron chi connectivity index (χ0n) is 13.2. The minimum Gasteiger partial charge on any atom is -0.309 e. The lowest BCUT2D eigenvalue weighted by atomic mass is 9.83. The SMILES string of the molecule is CCNC1c2ccccc2CCC1N(C)CCS(C)(=O)=O. The van der Waals surface area contributed by atoms with Crippen molar-refractivity contribution in [2.45, 2.75) is 31.8 Å². The second-order valence-corrected chi connectivity index (χ2v) is 8.21. The highest BCUT2D eigenvalue weighted by Gasteiger charge is 2.31. The molecule has 5 heteroatoms. The Balaban J connectivity index is 2.15. The maximum Gasteiger partial charge on any atom is 0.148 e. The Morgan fingerprint density at radius 1 is 1.33 bits per heavy atom. The maximum absolute atomic E-state index is 11.4. The predicted molar refractivity (Wildman–Crippen MR) is 87.3 cm³/mol. The van der Waals surface area contributed by atoms with Crippen LogP contribution >= 0.6 is 0 Å². The van der Waals surface area contributed by atoms with Gasteiger partial charge in [0.25, 0.3) is 0 Å². The highest BCUT2D eigenvalue weighted by Crippen LogP contribution is 2.32. The number of hydrogen-bond donors (Lipinski definition) is 1. The average Bonchev–Trinajstić information content (AvgIpc) is 2.44. The molecular formula is C16H26N2O2S. The van der Waals surface area contributed by atoms with E-state index < -0.39 is 9.84 Å². The number of hydrogen-bond acceptors (Lipinski definition) is 4. The molecule has 0 aromatic heterocycles.